The third-order valence-electron chi connectivity index (χ3n) is 2.98. The quantitative estimate of drug-likeness (QED) is 0.702. The molecule has 2 nitrogen and oxygen atoms in total. The van der Waals surface area contributed by atoms with Crippen LogP contribution < -0.4 is 5.32 Å². The Balaban J connectivity index is 2.50. The second-order valence-corrected chi connectivity index (χ2v) is 5.41. The van der Waals surface area contributed by atoms with Crippen LogP contribution in [0.15, 0.2) is 6.07 Å². The lowest BCUT2D eigenvalue weighted by atomic mass is 9.89. The zero-order valence-corrected chi connectivity index (χ0v) is 10.1. The Morgan fingerprint density at radius 3 is 2.73 bits per heavy atom. The molecule has 0 radical (unpaired) electrons. The number of hydrogen-bond acceptors (Lipinski definition) is 2. The number of aromatic nitrogens is 1. The van der Waals surface area contributed by atoms with Crippen LogP contribution in [0, 0.1) is 6.92 Å². The number of anilines is 1. The van der Waals surface area contributed by atoms with Gasteiger partial charge in [0.15, 0.2) is 0 Å². The fourth-order valence-electron chi connectivity index (χ4n) is 2.05. The van der Waals surface area contributed by atoms with Gasteiger partial charge < -0.3 is 5.32 Å². The summed E-state index contributed by atoms with van der Waals surface area (Å²) in [6, 6.07) is 2.27. The molecule has 0 unspecified atom stereocenters. The van der Waals surface area contributed by atoms with Crippen LogP contribution in [0.4, 0.5) is 5.69 Å². The maximum Gasteiger partial charge on any atom is 0.0610 e. The van der Waals surface area contributed by atoms with Gasteiger partial charge in [-0.1, -0.05) is 20.8 Å². The van der Waals surface area contributed by atoms with Gasteiger partial charge in [0.05, 0.1) is 11.4 Å². The van der Waals surface area contributed by atoms with Gasteiger partial charge in [-0.15, -0.1) is 0 Å². The molecule has 2 rings (SSSR count). The second kappa shape index (κ2) is 3.51. The van der Waals surface area contributed by atoms with E-state index in [2.05, 4.69) is 39.1 Å². The first kappa shape index (κ1) is 10.5. The molecule has 1 aromatic heterocycles. The van der Waals surface area contributed by atoms with Crippen molar-refractivity contribution in [1.82, 2.24) is 4.98 Å². The molecule has 1 aliphatic heterocycles. The lowest BCUT2D eigenvalue weighted by Gasteiger charge is -2.25. The highest BCUT2D eigenvalue weighted by molar-refractivity contribution is 5.57. The monoisotopic (exact) mass is 204 g/mol. The Morgan fingerprint density at radius 2 is 2.07 bits per heavy atom. The highest BCUT2D eigenvalue weighted by atomic mass is 14.9. The molecule has 82 valence electrons. The molecule has 1 N–H and O–H groups in total. The molecule has 0 amide bonds. The standard InChI is InChI=1S/C13H20N2/c1-9-12-10(6-5-7-14-12)8-11(15-9)13(2,3)4/h8,14H,5-7H2,1-4H3. The number of fused-ring (bicyclic) bond motifs is 1. The van der Waals surface area contributed by atoms with Crippen molar-refractivity contribution in [3.63, 3.8) is 0 Å². The van der Waals surface area contributed by atoms with Gasteiger partial charge in [-0.25, -0.2) is 0 Å². The average Bonchev–Trinajstić information content (AvgIpc) is 2.16. The Labute approximate surface area is 92.1 Å². The molecular weight excluding hydrogens is 184 g/mol. The summed E-state index contributed by atoms with van der Waals surface area (Å²) in [6.45, 7) is 9.85. The van der Waals surface area contributed by atoms with Crippen LogP contribution in [-0.4, -0.2) is 11.5 Å². The third-order valence-corrected chi connectivity index (χ3v) is 2.98. The molecule has 0 aliphatic carbocycles. The van der Waals surface area contributed by atoms with Crippen LogP contribution in [0.2, 0.25) is 0 Å². The van der Waals surface area contributed by atoms with Crippen LogP contribution in [0.25, 0.3) is 0 Å². The van der Waals surface area contributed by atoms with Crippen molar-refractivity contribution in [3.8, 4) is 0 Å². The van der Waals surface area contributed by atoms with Crippen molar-refractivity contribution in [1.29, 1.82) is 0 Å². The summed E-state index contributed by atoms with van der Waals surface area (Å²) in [6.07, 6.45) is 2.43. The SMILES string of the molecule is Cc1nc(C(C)(C)C)cc2c1NCCC2. The average molecular weight is 204 g/mol. The van der Waals surface area contributed by atoms with Gasteiger partial charge in [-0.05, 0) is 31.4 Å². The minimum atomic E-state index is 0.150. The number of nitrogens with one attached hydrogen (secondary N) is 1. The molecule has 2 heterocycles. The molecule has 0 fully saturated rings. The van der Waals surface area contributed by atoms with Crippen molar-refractivity contribution >= 4 is 5.69 Å². The summed E-state index contributed by atoms with van der Waals surface area (Å²) in [5.41, 5.74) is 5.23. The number of aryl methyl sites for hydroxylation is 2. The fourth-order valence-corrected chi connectivity index (χ4v) is 2.05. The minimum Gasteiger partial charge on any atom is -0.383 e. The molecule has 0 atom stereocenters. The van der Waals surface area contributed by atoms with Crippen molar-refractivity contribution in [2.24, 2.45) is 0 Å². The van der Waals surface area contributed by atoms with Crippen molar-refractivity contribution < 1.29 is 0 Å². The van der Waals surface area contributed by atoms with Gasteiger partial charge in [0.1, 0.15) is 0 Å². The van der Waals surface area contributed by atoms with Crippen molar-refractivity contribution in [2.75, 3.05) is 11.9 Å². The minimum absolute atomic E-state index is 0.150. The van der Waals surface area contributed by atoms with Crippen LogP contribution in [-0.2, 0) is 11.8 Å². The van der Waals surface area contributed by atoms with E-state index < -0.39 is 0 Å². The van der Waals surface area contributed by atoms with E-state index in [4.69, 9.17) is 4.98 Å². The first-order valence-corrected chi connectivity index (χ1v) is 5.73. The largest absolute Gasteiger partial charge is 0.383 e. The Hall–Kier alpha value is -1.05. The maximum atomic E-state index is 4.70. The van der Waals surface area contributed by atoms with Crippen molar-refractivity contribution in [3.05, 3.63) is 23.0 Å². The fraction of sp³-hybridized carbons (Fsp3) is 0.615. The van der Waals surface area contributed by atoms with Gasteiger partial charge in [0, 0.05) is 17.7 Å². The Morgan fingerprint density at radius 1 is 1.33 bits per heavy atom. The molecule has 1 aromatic rings. The topological polar surface area (TPSA) is 24.9 Å². The Bertz CT molecular complexity index is 375. The van der Waals surface area contributed by atoms with E-state index in [0.29, 0.717) is 0 Å². The number of hydrogen-bond donors (Lipinski definition) is 1. The number of pyridine rings is 1. The van der Waals surface area contributed by atoms with Gasteiger partial charge in [0.2, 0.25) is 0 Å². The van der Waals surface area contributed by atoms with E-state index in [0.717, 1.165) is 12.2 Å². The van der Waals surface area contributed by atoms with Crippen LogP contribution in [0.3, 0.4) is 0 Å². The zero-order chi connectivity index (χ0) is 11.1. The van der Waals surface area contributed by atoms with Crippen LogP contribution in [0.5, 0.6) is 0 Å². The van der Waals surface area contributed by atoms with Gasteiger partial charge in [0.25, 0.3) is 0 Å². The highest BCUT2D eigenvalue weighted by Gasteiger charge is 2.20. The van der Waals surface area contributed by atoms with E-state index in [1.165, 1.54) is 29.8 Å². The predicted molar refractivity (Wildman–Crippen MR) is 64.5 cm³/mol. The number of nitrogens with zero attached hydrogens (tertiary/aromatic N) is 1. The summed E-state index contributed by atoms with van der Waals surface area (Å²) in [7, 11) is 0. The molecule has 0 spiro atoms. The first-order valence-electron chi connectivity index (χ1n) is 5.73. The van der Waals surface area contributed by atoms with E-state index in [9.17, 15) is 0 Å². The van der Waals surface area contributed by atoms with Crippen LogP contribution >= 0.6 is 0 Å². The maximum absolute atomic E-state index is 4.70. The predicted octanol–water partition coefficient (Wildman–Crippen LogP) is 3.05. The van der Waals surface area contributed by atoms with Crippen LogP contribution in [0.1, 0.15) is 44.1 Å². The third kappa shape index (κ3) is 1.99. The lowest BCUT2D eigenvalue weighted by Crippen LogP contribution is -2.19. The zero-order valence-electron chi connectivity index (χ0n) is 10.1. The molecule has 15 heavy (non-hydrogen) atoms. The Kier molecular flexibility index (Phi) is 2.45. The van der Waals surface area contributed by atoms with E-state index in [-0.39, 0.29) is 5.41 Å². The molecule has 0 saturated carbocycles. The molecule has 0 aromatic carbocycles. The second-order valence-electron chi connectivity index (χ2n) is 5.41. The molecule has 2 heteroatoms. The summed E-state index contributed by atoms with van der Waals surface area (Å²) < 4.78 is 0. The lowest BCUT2D eigenvalue weighted by molar-refractivity contribution is 0.565. The first-order chi connectivity index (χ1) is 6.98. The summed E-state index contributed by atoms with van der Waals surface area (Å²) in [5.74, 6) is 0. The molecule has 0 bridgehead atoms. The van der Waals surface area contributed by atoms with E-state index >= 15 is 0 Å². The number of rotatable bonds is 0. The van der Waals surface area contributed by atoms with Gasteiger partial charge >= 0.3 is 0 Å². The normalized spacial score (nSPS) is 15.7. The van der Waals surface area contributed by atoms with E-state index in [1.807, 2.05) is 0 Å². The summed E-state index contributed by atoms with van der Waals surface area (Å²) in [5, 5.41) is 3.45. The summed E-state index contributed by atoms with van der Waals surface area (Å²) >= 11 is 0. The molecule has 1 aliphatic rings. The van der Waals surface area contributed by atoms with Gasteiger partial charge in [-0.3, -0.25) is 4.98 Å². The summed E-state index contributed by atoms with van der Waals surface area (Å²) in [4.78, 5) is 4.70. The smallest absolute Gasteiger partial charge is 0.0610 e. The van der Waals surface area contributed by atoms with Gasteiger partial charge in [-0.2, -0.15) is 0 Å². The van der Waals surface area contributed by atoms with Crippen molar-refractivity contribution in [2.45, 2.75) is 46.0 Å². The molecule has 0 saturated heterocycles. The highest BCUT2D eigenvalue weighted by Crippen LogP contribution is 2.29. The van der Waals surface area contributed by atoms with E-state index in [1.54, 1.807) is 0 Å². The molecular formula is C13H20N2.